The molecule has 0 aliphatic carbocycles. The topological polar surface area (TPSA) is 38.7 Å². The summed E-state index contributed by atoms with van der Waals surface area (Å²) in [7, 11) is 0. The molecular weight excluding hydrogens is 204 g/mol. The summed E-state index contributed by atoms with van der Waals surface area (Å²) in [5.74, 6) is 0.293. The number of aromatic hydroxyl groups is 1. The SMILES string of the molecule is CCC1(COCc2ccc(O)cc2)COC1. The van der Waals surface area contributed by atoms with E-state index in [4.69, 9.17) is 14.6 Å². The minimum atomic E-state index is 0.247. The molecule has 1 heterocycles. The van der Waals surface area contributed by atoms with Crippen molar-refractivity contribution >= 4 is 0 Å². The maximum Gasteiger partial charge on any atom is 0.115 e. The molecule has 0 atom stereocenters. The zero-order valence-electron chi connectivity index (χ0n) is 9.61. The molecule has 1 aliphatic rings. The lowest BCUT2D eigenvalue weighted by Crippen LogP contribution is -2.45. The third kappa shape index (κ3) is 2.54. The second-order valence-corrected chi connectivity index (χ2v) is 4.51. The van der Waals surface area contributed by atoms with E-state index in [2.05, 4.69) is 6.92 Å². The van der Waals surface area contributed by atoms with E-state index in [1.807, 2.05) is 12.1 Å². The molecule has 0 spiro atoms. The minimum absolute atomic E-state index is 0.247. The third-order valence-electron chi connectivity index (χ3n) is 3.18. The van der Waals surface area contributed by atoms with Crippen LogP contribution >= 0.6 is 0 Å². The molecule has 2 rings (SSSR count). The Morgan fingerprint density at radius 2 is 2.00 bits per heavy atom. The minimum Gasteiger partial charge on any atom is -0.508 e. The van der Waals surface area contributed by atoms with Crippen LogP contribution in [0, 0.1) is 5.41 Å². The molecule has 1 aliphatic heterocycles. The summed E-state index contributed by atoms with van der Waals surface area (Å²) in [5.41, 5.74) is 1.33. The van der Waals surface area contributed by atoms with Crippen LogP contribution in [0.15, 0.2) is 24.3 Å². The zero-order chi connectivity index (χ0) is 11.4. The smallest absolute Gasteiger partial charge is 0.115 e. The number of benzene rings is 1. The summed E-state index contributed by atoms with van der Waals surface area (Å²) >= 11 is 0. The van der Waals surface area contributed by atoms with E-state index < -0.39 is 0 Å². The lowest BCUT2D eigenvalue weighted by molar-refractivity contribution is -0.152. The maximum absolute atomic E-state index is 9.14. The van der Waals surface area contributed by atoms with Crippen LogP contribution in [0.25, 0.3) is 0 Å². The fourth-order valence-corrected chi connectivity index (χ4v) is 1.76. The molecule has 0 radical (unpaired) electrons. The van der Waals surface area contributed by atoms with Gasteiger partial charge >= 0.3 is 0 Å². The molecule has 3 heteroatoms. The second kappa shape index (κ2) is 4.85. The molecule has 88 valence electrons. The molecule has 0 bridgehead atoms. The van der Waals surface area contributed by atoms with Crippen molar-refractivity contribution in [3.8, 4) is 5.75 Å². The van der Waals surface area contributed by atoms with Crippen molar-refractivity contribution < 1.29 is 14.6 Å². The van der Waals surface area contributed by atoms with Gasteiger partial charge in [-0.25, -0.2) is 0 Å². The Bertz CT molecular complexity index is 322. The van der Waals surface area contributed by atoms with Gasteiger partial charge in [0.15, 0.2) is 0 Å². The molecule has 3 nitrogen and oxygen atoms in total. The average molecular weight is 222 g/mol. The first-order valence-electron chi connectivity index (χ1n) is 5.67. The molecule has 1 aromatic carbocycles. The van der Waals surface area contributed by atoms with Gasteiger partial charge in [0.2, 0.25) is 0 Å². The fourth-order valence-electron chi connectivity index (χ4n) is 1.76. The van der Waals surface area contributed by atoms with Gasteiger partial charge in [0.05, 0.1) is 26.4 Å². The Labute approximate surface area is 96.0 Å². The highest BCUT2D eigenvalue weighted by atomic mass is 16.5. The van der Waals surface area contributed by atoms with Crippen molar-refractivity contribution in [2.45, 2.75) is 20.0 Å². The first-order chi connectivity index (χ1) is 7.74. The molecular formula is C13H18O3. The van der Waals surface area contributed by atoms with Gasteiger partial charge in [0, 0.05) is 5.41 Å². The van der Waals surface area contributed by atoms with Gasteiger partial charge < -0.3 is 14.6 Å². The largest absolute Gasteiger partial charge is 0.508 e. The molecule has 1 saturated heterocycles. The van der Waals surface area contributed by atoms with Crippen molar-refractivity contribution in [3.63, 3.8) is 0 Å². The molecule has 16 heavy (non-hydrogen) atoms. The van der Waals surface area contributed by atoms with E-state index in [1.165, 1.54) is 0 Å². The van der Waals surface area contributed by atoms with Gasteiger partial charge in [-0.15, -0.1) is 0 Å². The lowest BCUT2D eigenvalue weighted by atomic mass is 9.84. The molecule has 0 unspecified atom stereocenters. The summed E-state index contributed by atoms with van der Waals surface area (Å²) in [6.07, 6.45) is 1.10. The summed E-state index contributed by atoms with van der Waals surface area (Å²) in [6, 6.07) is 7.12. The fraction of sp³-hybridized carbons (Fsp3) is 0.538. The van der Waals surface area contributed by atoms with E-state index in [0.717, 1.165) is 31.8 Å². The van der Waals surface area contributed by atoms with E-state index in [0.29, 0.717) is 12.4 Å². The number of hydrogen-bond donors (Lipinski definition) is 1. The van der Waals surface area contributed by atoms with Gasteiger partial charge in [-0.2, -0.15) is 0 Å². The quantitative estimate of drug-likeness (QED) is 0.831. The predicted molar refractivity (Wildman–Crippen MR) is 61.3 cm³/mol. The van der Waals surface area contributed by atoms with Gasteiger partial charge in [-0.3, -0.25) is 0 Å². The van der Waals surface area contributed by atoms with Crippen LogP contribution in [-0.2, 0) is 16.1 Å². The van der Waals surface area contributed by atoms with Crippen LogP contribution in [-0.4, -0.2) is 24.9 Å². The van der Waals surface area contributed by atoms with Crippen LogP contribution in [0.2, 0.25) is 0 Å². The molecule has 0 amide bonds. The van der Waals surface area contributed by atoms with Crippen LogP contribution in [0.5, 0.6) is 5.75 Å². The maximum atomic E-state index is 9.14. The highest BCUT2D eigenvalue weighted by Gasteiger charge is 2.36. The Hall–Kier alpha value is -1.06. The van der Waals surface area contributed by atoms with Crippen molar-refractivity contribution in [2.24, 2.45) is 5.41 Å². The van der Waals surface area contributed by atoms with E-state index in [1.54, 1.807) is 12.1 Å². The molecule has 1 aromatic rings. The Balaban J connectivity index is 1.77. The molecule has 0 aromatic heterocycles. The lowest BCUT2D eigenvalue weighted by Gasteiger charge is -2.40. The Morgan fingerprint density at radius 3 is 2.50 bits per heavy atom. The van der Waals surface area contributed by atoms with Crippen LogP contribution in [0.4, 0.5) is 0 Å². The van der Waals surface area contributed by atoms with E-state index >= 15 is 0 Å². The summed E-state index contributed by atoms with van der Waals surface area (Å²) in [6.45, 7) is 5.16. The monoisotopic (exact) mass is 222 g/mol. The molecule has 1 fully saturated rings. The summed E-state index contributed by atoms with van der Waals surface area (Å²) < 4.78 is 10.9. The highest BCUT2D eigenvalue weighted by molar-refractivity contribution is 5.25. The second-order valence-electron chi connectivity index (χ2n) is 4.51. The number of phenolic OH excluding ortho intramolecular Hbond substituents is 1. The number of phenols is 1. The summed E-state index contributed by atoms with van der Waals surface area (Å²) in [5, 5.41) is 9.14. The average Bonchev–Trinajstić information content (AvgIpc) is 2.25. The van der Waals surface area contributed by atoms with E-state index in [9.17, 15) is 0 Å². The van der Waals surface area contributed by atoms with Crippen LogP contribution < -0.4 is 0 Å². The Kier molecular flexibility index (Phi) is 3.46. The highest BCUT2D eigenvalue weighted by Crippen LogP contribution is 2.31. The number of rotatable bonds is 5. The van der Waals surface area contributed by atoms with Gasteiger partial charge in [0.1, 0.15) is 5.75 Å². The normalized spacial score (nSPS) is 18.1. The zero-order valence-corrected chi connectivity index (χ0v) is 9.61. The predicted octanol–water partition coefficient (Wildman–Crippen LogP) is 2.34. The standard InChI is InChI=1S/C13H18O3/c1-2-13(9-16-10-13)8-15-7-11-3-5-12(14)6-4-11/h3-6,14H,2,7-10H2,1H3. The third-order valence-corrected chi connectivity index (χ3v) is 3.18. The van der Waals surface area contributed by atoms with Crippen LogP contribution in [0.1, 0.15) is 18.9 Å². The Morgan fingerprint density at radius 1 is 1.31 bits per heavy atom. The number of ether oxygens (including phenoxy) is 2. The van der Waals surface area contributed by atoms with E-state index in [-0.39, 0.29) is 5.41 Å². The first-order valence-corrected chi connectivity index (χ1v) is 5.67. The van der Waals surface area contributed by atoms with Crippen molar-refractivity contribution in [1.29, 1.82) is 0 Å². The van der Waals surface area contributed by atoms with Gasteiger partial charge in [0.25, 0.3) is 0 Å². The summed E-state index contributed by atoms with van der Waals surface area (Å²) in [4.78, 5) is 0. The van der Waals surface area contributed by atoms with Gasteiger partial charge in [-0.1, -0.05) is 19.1 Å². The molecule has 0 saturated carbocycles. The number of hydrogen-bond acceptors (Lipinski definition) is 3. The molecule has 1 N–H and O–H groups in total. The first kappa shape index (κ1) is 11.4. The van der Waals surface area contributed by atoms with Crippen molar-refractivity contribution in [3.05, 3.63) is 29.8 Å². The van der Waals surface area contributed by atoms with Gasteiger partial charge in [-0.05, 0) is 24.1 Å². The van der Waals surface area contributed by atoms with Crippen molar-refractivity contribution in [2.75, 3.05) is 19.8 Å². The van der Waals surface area contributed by atoms with Crippen molar-refractivity contribution in [1.82, 2.24) is 0 Å². The van der Waals surface area contributed by atoms with Crippen LogP contribution in [0.3, 0.4) is 0 Å².